The predicted molar refractivity (Wildman–Crippen MR) is 131 cm³/mol. The molecule has 1 atom stereocenters. The molecule has 0 spiro atoms. The molecule has 1 fully saturated rings. The van der Waals surface area contributed by atoms with Gasteiger partial charge in [0, 0.05) is 18.1 Å². The first-order valence-electron chi connectivity index (χ1n) is 10.8. The molecule has 0 bridgehead atoms. The third kappa shape index (κ3) is 5.07. The standard InChI is InChI=1S/C26H31ClN2O4/c1-26(2,3)17-9-7-16(8-10-17)22-21(24(31)25(32)29(22)14-13-28(4)5)23(30)19-15-18(27)11-12-20(19)33-6/h7-12,15,22,30H,13-14H2,1-6H3/b23-21+. The normalized spacial score (nSPS) is 18.3. The molecule has 1 saturated heterocycles. The van der Waals surface area contributed by atoms with Crippen LogP contribution in [0.3, 0.4) is 0 Å². The molecule has 0 aromatic heterocycles. The zero-order chi connectivity index (χ0) is 24.5. The Kier molecular flexibility index (Phi) is 7.20. The predicted octanol–water partition coefficient (Wildman–Crippen LogP) is 4.63. The molecule has 0 saturated carbocycles. The summed E-state index contributed by atoms with van der Waals surface area (Å²) in [5, 5.41) is 11.7. The highest BCUT2D eigenvalue weighted by atomic mass is 35.5. The maximum Gasteiger partial charge on any atom is 0.295 e. The van der Waals surface area contributed by atoms with Crippen LogP contribution in [0.1, 0.15) is 43.5 Å². The maximum atomic E-state index is 13.2. The number of nitrogens with zero attached hydrogens (tertiary/aromatic N) is 2. The number of likely N-dealkylation sites (N-methyl/N-ethyl adjacent to an activating group) is 1. The lowest BCUT2D eigenvalue weighted by Crippen LogP contribution is -2.35. The molecule has 1 N–H and O–H groups in total. The van der Waals surface area contributed by atoms with E-state index in [1.165, 1.54) is 18.1 Å². The molecule has 2 aromatic carbocycles. The number of amides is 1. The fraction of sp³-hybridized carbons (Fsp3) is 0.385. The summed E-state index contributed by atoms with van der Waals surface area (Å²) >= 11 is 6.16. The van der Waals surface area contributed by atoms with Crippen LogP contribution in [0.2, 0.25) is 5.02 Å². The van der Waals surface area contributed by atoms with E-state index in [-0.39, 0.29) is 22.3 Å². The molecule has 0 aliphatic carbocycles. The van der Waals surface area contributed by atoms with Crippen molar-refractivity contribution in [1.29, 1.82) is 0 Å². The van der Waals surface area contributed by atoms with Crippen molar-refractivity contribution >= 4 is 29.1 Å². The number of likely N-dealkylation sites (tertiary alicyclic amines) is 1. The molecule has 1 heterocycles. The zero-order valence-corrected chi connectivity index (χ0v) is 20.7. The summed E-state index contributed by atoms with van der Waals surface area (Å²) in [5.74, 6) is -1.30. The number of aliphatic hydroxyl groups excluding tert-OH is 1. The number of benzene rings is 2. The van der Waals surface area contributed by atoms with Gasteiger partial charge in [-0.3, -0.25) is 9.59 Å². The van der Waals surface area contributed by atoms with Crippen LogP contribution >= 0.6 is 11.6 Å². The molecule has 1 aliphatic rings. The third-order valence-corrected chi connectivity index (χ3v) is 6.07. The number of carbonyl (C=O) groups excluding carboxylic acids is 2. The Morgan fingerprint density at radius 2 is 1.76 bits per heavy atom. The Hall–Kier alpha value is -2.83. The number of ether oxygens (including phenoxy) is 1. The van der Waals surface area contributed by atoms with Crippen molar-refractivity contribution in [2.75, 3.05) is 34.3 Å². The van der Waals surface area contributed by atoms with Gasteiger partial charge in [0.05, 0.1) is 24.3 Å². The molecule has 3 rings (SSSR count). The van der Waals surface area contributed by atoms with Crippen molar-refractivity contribution in [2.45, 2.75) is 32.2 Å². The van der Waals surface area contributed by atoms with E-state index in [2.05, 4.69) is 20.8 Å². The average molecular weight is 471 g/mol. The molecular weight excluding hydrogens is 440 g/mol. The second-order valence-electron chi connectivity index (χ2n) is 9.51. The number of aliphatic hydroxyl groups is 1. The van der Waals surface area contributed by atoms with Gasteiger partial charge in [0.25, 0.3) is 11.7 Å². The van der Waals surface area contributed by atoms with Crippen molar-refractivity contribution in [3.63, 3.8) is 0 Å². The van der Waals surface area contributed by atoms with Crippen molar-refractivity contribution in [2.24, 2.45) is 0 Å². The Morgan fingerprint density at radius 3 is 2.30 bits per heavy atom. The first kappa shape index (κ1) is 24.8. The van der Waals surface area contributed by atoms with Crippen LogP contribution in [0.25, 0.3) is 5.76 Å². The molecule has 6 nitrogen and oxygen atoms in total. The van der Waals surface area contributed by atoms with Crippen molar-refractivity contribution in [3.05, 3.63) is 69.8 Å². The Balaban J connectivity index is 2.20. The minimum atomic E-state index is -0.724. The molecule has 2 aromatic rings. The van der Waals surface area contributed by atoms with E-state index in [0.29, 0.717) is 23.9 Å². The number of ketones is 1. The zero-order valence-electron chi connectivity index (χ0n) is 20.0. The number of hydrogen-bond acceptors (Lipinski definition) is 5. The van der Waals surface area contributed by atoms with Crippen LogP contribution in [0, 0.1) is 0 Å². The quantitative estimate of drug-likeness (QED) is 0.378. The van der Waals surface area contributed by atoms with Crippen molar-refractivity contribution < 1.29 is 19.4 Å². The summed E-state index contributed by atoms with van der Waals surface area (Å²) in [5.41, 5.74) is 2.14. The van der Waals surface area contributed by atoms with Gasteiger partial charge in [-0.05, 0) is 48.8 Å². The third-order valence-electron chi connectivity index (χ3n) is 5.84. The van der Waals surface area contributed by atoms with Crippen molar-refractivity contribution in [3.8, 4) is 5.75 Å². The molecule has 1 amide bonds. The van der Waals surface area contributed by atoms with E-state index in [1.807, 2.05) is 43.3 Å². The summed E-state index contributed by atoms with van der Waals surface area (Å²) in [4.78, 5) is 29.7. The van der Waals surface area contributed by atoms with Gasteiger partial charge in [-0.1, -0.05) is 56.6 Å². The maximum absolute atomic E-state index is 13.2. The fourth-order valence-corrected chi connectivity index (χ4v) is 4.11. The van der Waals surface area contributed by atoms with E-state index >= 15 is 0 Å². The van der Waals surface area contributed by atoms with Crippen LogP contribution in [0.5, 0.6) is 5.75 Å². The van der Waals surface area contributed by atoms with Gasteiger partial charge in [-0.2, -0.15) is 0 Å². The summed E-state index contributed by atoms with van der Waals surface area (Å²) < 4.78 is 5.37. The Morgan fingerprint density at radius 1 is 1.12 bits per heavy atom. The molecule has 1 aliphatic heterocycles. The molecule has 1 unspecified atom stereocenters. The number of halogens is 1. The smallest absolute Gasteiger partial charge is 0.295 e. The topological polar surface area (TPSA) is 70.1 Å². The summed E-state index contributed by atoms with van der Waals surface area (Å²) in [6, 6.07) is 11.9. The van der Waals surface area contributed by atoms with E-state index in [9.17, 15) is 14.7 Å². The van der Waals surface area contributed by atoms with Gasteiger partial charge in [-0.25, -0.2) is 0 Å². The van der Waals surface area contributed by atoms with Crippen LogP contribution in [0.15, 0.2) is 48.0 Å². The highest BCUT2D eigenvalue weighted by molar-refractivity contribution is 6.46. The van der Waals surface area contributed by atoms with Gasteiger partial charge in [0.1, 0.15) is 11.5 Å². The second kappa shape index (κ2) is 9.57. The molecular formula is C26H31ClN2O4. The summed E-state index contributed by atoms with van der Waals surface area (Å²) in [6.07, 6.45) is 0. The minimum Gasteiger partial charge on any atom is -0.507 e. The van der Waals surface area contributed by atoms with E-state index < -0.39 is 17.7 Å². The average Bonchev–Trinajstić information content (AvgIpc) is 3.01. The molecule has 176 valence electrons. The van der Waals surface area contributed by atoms with E-state index in [4.69, 9.17) is 16.3 Å². The SMILES string of the molecule is COc1ccc(Cl)cc1/C(O)=C1\C(=O)C(=O)N(CCN(C)C)C1c1ccc(C(C)(C)C)cc1. The minimum absolute atomic E-state index is 0.0304. The van der Waals surface area contributed by atoms with Crippen LogP contribution < -0.4 is 4.74 Å². The summed E-state index contributed by atoms with van der Waals surface area (Å²) in [7, 11) is 5.28. The van der Waals surface area contributed by atoms with Crippen LogP contribution in [-0.2, 0) is 15.0 Å². The lowest BCUT2D eigenvalue weighted by molar-refractivity contribution is -0.140. The lowest BCUT2D eigenvalue weighted by Gasteiger charge is -2.27. The second-order valence-corrected chi connectivity index (χ2v) is 9.95. The number of carbonyl (C=O) groups is 2. The first-order chi connectivity index (χ1) is 15.5. The first-order valence-corrected chi connectivity index (χ1v) is 11.2. The molecule has 33 heavy (non-hydrogen) atoms. The van der Waals surface area contributed by atoms with Gasteiger partial charge < -0.3 is 19.6 Å². The van der Waals surface area contributed by atoms with Crippen LogP contribution in [-0.4, -0.2) is 60.9 Å². The van der Waals surface area contributed by atoms with E-state index in [0.717, 1.165) is 11.1 Å². The Bertz CT molecular complexity index is 1080. The van der Waals surface area contributed by atoms with Gasteiger partial charge in [0.15, 0.2) is 0 Å². The lowest BCUT2D eigenvalue weighted by atomic mass is 9.85. The monoisotopic (exact) mass is 470 g/mol. The number of hydrogen-bond donors (Lipinski definition) is 1. The van der Waals surface area contributed by atoms with Crippen molar-refractivity contribution in [1.82, 2.24) is 9.80 Å². The highest BCUT2D eigenvalue weighted by Gasteiger charge is 2.46. The van der Waals surface area contributed by atoms with Gasteiger partial charge in [-0.15, -0.1) is 0 Å². The number of Topliss-reactive ketones (excluding diaryl/α,β-unsaturated/α-hetero) is 1. The molecule has 7 heteroatoms. The highest BCUT2D eigenvalue weighted by Crippen LogP contribution is 2.41. The fourth-order valence-electron chi connectivity index (χ4n) is 3.94. The van der Waals surface area contributed by atoms with Gasteiger partial charge >= 0.3 is 0 Å². The Labute approximate surface area is 200 Å². The largest absolute Gasteiger partial charge is 0.507 e. The number of rotatable bonds is 6. The van der Waals surface area contributed by atoms with Gasteiger partial charge in [0.2, 0.25) is 0 Å². The van der Waals surface area contributed by atoms with E-state index in [1.54, 1.807) is 12.1 Å². The van der Waals surface area contributed by atoms with Crippen LogP contribution in [0.4, 0.5) is 0 Å². The summed E-state index contributed by atoms with van der Waals surface area (Å²) in [6.45, 7) is 7.28. The number of methoxy groups -OCH3 is 1. The molecule has 0 radical (unpaired) electrons.